The minimum absolute atomic E-state index is 0.0718. The van der Waals surface area contributed by atoms with Crippen LogP contribution < -0.4 is 0 Å². The predicted molar refractivity (Wildman–Crippen MR) is 73.9 cm³/mol. The van der Waals surface area contributed by atoms with Crippen molar-refractivity contribution in [2.75, 3.05) is 6.61 Å². The molecule has 0 aliphatic carbocycles. The van der Waals surface area contributed by atoms with Crippen LogP contribution in [0.15, 0.2) is 29.2 Å². The summed E-state index contributed by atoms with van der Waals surface area (Å²) < 4.78 is 34.6. The summed E-state index contributed by atoms with van der Waals surface area (Å²) in [4.78, 5) is 0.132. The van der Waals surface area contributed by atoms with Crippen molar-refractivity contribution in [3.05, 3.63) is 29.8 Å². The molecule has 6 heteroatoms. The van der Waals surface area contributed by atoms with Gasteiger partial charge in [-0.15, -0.1) is 0 Å². The van der Waals surface area contributed by atoms with Gasteiger partial charge in [0.05, 0.1) is 29.8 Å². The highest BCUT2D eigenvalue weighted by molar-refractivity contribution is 7.86. The summed E-state index contributed by atoms with van der Waals surface area (Å²) in [5.41, 5.74) is 0.983. The largest absolute Gasteiger partial charge is 0.393 e. The Morgan fingerprint density at radius 1 is 1.30 bits per heavy atom. The Bertz CT molecular complexity index is 527. The second-order valence-electron chi connectivity index (χ2n) is 5.25. The maximum atomic E-state index is 12.0. The zero-order valence-corrected chi connectivity index (χ0v) is 12.5. The van der Waals surface area contributed by atoms with Gasteiger partial charge in [0, 0.05) is 6.42 Å². The summed E-state index contributed by atoms with van der Waals surface area (Å²) in [6, 6.07) is 6.48. The second kappa shape index (κ2) is 6.22. The van der Waals surface area contributed by atoms with Gasteiger partial charge >= 0.3 is 0 Å². The van der Waals surface area contributed by atoms with Crippen molar-refractivity contribution < 1.29 is 22.4 Å². The highest BCUT2D eigenvalue weighted by Crippen LogP contribution is 2.21. The molecule has 0 radical (unpaired) electrons. The number of ether oxygens (including phenoxy) is 1. The van der Waals surface area contributed by atoms with Crippen molar-refractivity contribution in [1.29, 1.82) is 0 Å². The summed E-state index contributed by atoms with van der Waals surface area (Å²) in [5, 5.41) is 9.64. The number of aliphatic hydroxyl groups excluding tert-OH is 1. The molecule has 1 aliphatic rings. The molecule has 1 saturated heterocycles. The average molecular weight is 300 g/mol. The number of aryl methyl sites for hydroxylation is 1. The molecule has 1 aromatic carbocycles. The van der Waals surface area contributed by atoms with E-state index >= 15 is 0 Å². The van der Waals surface area contributed by atoms with Crippen molar-refractivity contribution in [3.8, 4) is 0 Å². The molecule has 0 spiro atoms. The molecule has 112 valence electrons. The number of hydrogen-bond donors (Lipinski definition) is 1. The molecule has 0 bridgehead atoms. The van der Waals surface area contributed by atoms with Crippen LogP contribution in [0, 0.1) is 6.92 Å². The van der Waals surface area contributed by atoms with Crippen LogP contribution in [0.25, 0.3) is 0 Å². The molecule has 3 atom stereocenters. The molecule has 1 aliphatic heterocycles. The summed E-state index contributed by atoms with van der Waals surface area (Å²) in [6.45, 7) is 3.66. The monoisotopic (exact) mass is 300 g/mol. The fraction of sp³-hybridized carbons (Fsp3) is 0.571. The molecular weight excluding hydrogens is 280 g/mol. The highest BCUT2D eigenvalue weighted by atomic mass is 32.2. The van der Waals surface area contributed by atoms with E-state index in [1.165, 1.54) is 12.1 Å². The fourth-order valence-corrected chi connectivity index (χ4v) is 3.20. The van der Waals surface area contributed by atoms with Crippen molar-refractivity contribution in [3.63, 3.8) is 0 Å². The zero-order chi connectivity index (χ0) is 14.8. The second-order valence-corrected chi connectivity index (χ2v) is 6.86. The maximum absolute atomic E-state index is 12.0. The van der Waals surface area contributed by atoms with Gasteiger partial charge in [0.1, 0.15) is 0 Å². The Hall–Kier alpha value is -0.950. The number of rotatable bonds is 4. The van der Waals surface area contributed by atoms with Gasteiger partial charge in [0.25, 0.3) is 10.1 Å². The third-order valence-corrected chi connectivity index (χ3v) is 4.58. The number of aliphatic hydroxyl groups is 1. The molecule has 2 rings (SSSR count). The van der Waals surface area contributed by atoms with E-state index in [1.807, 2.05) is 13.8 Å². The van der Waals surface area contributed by atoms with E-state index in [2.05, 4.69) is 0 Å². The van der Waals surface area contributed by atoms with Gasteiger partial charge < -0.3 is 9.84 Å². The Kier molecular flexibility index (Phi) is 4.80. The molecule has 5 nitrogen and oxygen atoms in total. The van der Waals surface area contributed by atoms with Crippen LogP contribution in [0.2, 0.25) is 0 Å². The summed E-state index contributed by atoms with van der Waals surface area (Å²) in [7, 11) is -3.77. The quantitative estimate of drug-likeness (QED) is 0.856. The topological polar surface area (TPSA) is 72.8 Å². The lowest BCUT2D eigenvalue weighted by molar-refractivity contribution is -0.1000. The minimum Gasteiger partial charge on any atom is -0.393 e. The summed E-state index contributed by atoms with van der Waals surface area (Å²) >= 11 is 0. The van der Waals surface area contributed by atoms with E-state index in [0.29, 0.717) is 12.8 Å². The lowest BCUT2D eigenvalue weighted by atomic mass is 10.0. The van der Waals surface area contributed by atoms with Gasteiger partial charge in [-0.25, -0.2) is 0 Å². The Labute approximate surface area is 119 Å². The van der Waals surface area contributed by atoms with Crippen molar-refractivity contribution in [2.45, 2.75) is 49.9 Å². The number of benzene rings is 1. The molecular formula is C14H20O5S. The van der Waals surface area contributed by atoms with E-state index in [0.717, 1.165) is 5.56 Å². The van der Waals surface area contributed by atoms with Crippen molar-refractivity contribution >= 4 is 10.1 Å². The third kappa shape index (κ3) is 4.02. The van der Waals surface area contributed by atoms with E-state index < -0.39 is 22.3 Å². The standard InChI is InChI=1S/C14H20O5S/c1-10-3-5-14(6-4-10)20(16,17)18-9-13-8-12(15)7-11(2)19-13/h3-6,11-13,15H,7-9H2,1-2H3/t11-,12+,13-/m0/s1. The van der Waals surface area contributed by atoms with Crippen LogP contribution in [0.4, 0.5) is 0 Å². The van der Waals surface area contributed by atoms with Crippen LogP contribution >= 0.6 is 0 Å². The minimum atomic E-state index is -3.77. The molecule has 0 saturated carbocycles. The first-order valence-corrected chi connectivity index (χ1v) is 8.07. The van der Waals surface area contributed by atoms with E-state index in [-0.39, 0.29) is 17.6 Å². The smallest absolute Gasteiger partial charge is 0.297 e. The highest BCUT2D eigenvalue weighted by Gasteiger charge is 2.27. The van der Waals surface area contributed by atoms with Crippen LogP contribution in [-0.4, -0.2) is 38.4 Å². The molecule has 0 unspecified atom stereocenters. The van der Waals surface area contributed by atoms with Gasteiger partial charge in [-0.05, 0) is 32.4 Å². The molecule has 0 aromatic heterocycles. The average Bonchev–Trinajstić information content (AvgIpc) is 2.36. The van der Waals surface area contributed by atoms with Gasteiger partial charge in [-0.1, -0.05) is 17.7 Å². The first-order valence-electron chi connectivity index (χ1n) is 6.66. The van der Waals surface area contributed by atoms with Crippen molar-refractivity contribution in [1.82, 2.24) is 0 Å². The summed E-state index contributed by atoms with van der Waals surface area (Å²) in [5.74, 6) is 0. The van der Waals surface area contributed by atoms with Crippen LogP contribution in [0.1, 0.15) is 25.3 Å². The molecule has 20 heavy (non-hydrogen) atoms. The van der Waals surface area contributed by atoms with E-state index in [4.69, 9.17) is 8.92 Å². The molecule has 1 fully saturated rings. The molecule has 1 aromatic rings. The molecule has 0 amide bonds. The van der Waals surface area contributed by atoms with Gasteiger partial charge in [-0.3, -0.25) is 4.18 Å². The Morgan fingerprint density at radius 2 is 1.95 bits per heavy atom. The lowest BCUT2D eigenvalue weighted by Crippen LogP contribution is -2.37. The Morgan fingerprint density at radius 3 is 2.55 bits per heavy atom. The van der Waals surface area contributed by atoms with Crippen LogP contribution in [-0.2, 0) is 19.0 Å². The van der Waals surface area contributed by atoms with Gasteiger partial charge in [0.2, 0.25) is 0 Å². The Balaban J connectivity index is 1.97. The van der Waals surface area contributed by atoms with Gasteiger partial charge in [0.15, 0.2) is 0 Å². The molecule has 1 N–H and O–H groups in total. The first kappa shape index (κ1) is 15.4. The third-order valence-electron chi connectivity index (χ3n) is 3.28. The van der Waals surface area contributed by atoms with Gasteiger partial charge in [-0.2, -0.15) is 8.42 Å². The fourth-order valence-electron chi connectivity index (χ4n) is 2.27. The molecule has 1 heterocycles. The first-order chi connectivity index (χ1) is 9.37. The number of hydrogen-bond acceptors (Lipinski definition) is 5. The van der Waals surface area contributed by atoms with Crippen LogP contribution in [0.5, 0.6) is 0 Å². The summed E-state index contributed by atoms with van der Waals surface area (Å²) in [6.07, 6.45) is 0.0208. The normalized spacial score (nSPS) is 27.4. The van der Waals surface area contributed by atoms with E-state index in [9.17, 15) is 13.5 Å². The van der Waals surface area contributed by atoms with Crippen LogP contribution in [0.3, 0.4) is 0 Å². The zero-order valence-electron chi connectivity index (χ0n) is 11.7. The maximum Gasteiger partial charge on any atom is 0.297 e. The lowest BCUT2D eigenvalue weighted by Gasteiger charge is -2.30. The predicted octanol–water partition coefficient (Wildman–Crippen LogP) is 1.63. The van der Waals surface area contributed by atoms with Crippen molar-refractivity contribution in [2.24, 2.45) is 0 Å². The van der Waals surface area contributed by atoms with E-state index in [1.54, 1.807) is 12.1 Å². The SMILES string of the molecule is Cc1ccc(S(=O)(=O)OC[C@@H]2C[C@H](O)C[C@H](C)O2)cc1.